The highest BCUT2D eigenvalue weighted by Gasteiger charge is 2.06. The van der Waals surface area contributed by atoms with Crippen LogP contribution in [-0.2, 0) is 0 Å². The molecule has 1 aromatic carbocycles. The maximum Gasteiger partial charge on any atom is 0.165 e. The van der Waals surface area contributed by atoms with Crippen molar-refractivity contribution < 1.29 is 14.2 Å². The Morgan fingerprint density at radius 1 is 1.43 bits per heavy atom. The van der Waals surface area contributed by atoms with E-state index in [-0.39, 0.29) is 24.8 Å². The summed E-state index contributed by atoms with van der Waals surface area (Å²) in [6.07, 6.45) is 0. The SMILES string of the molecule is CC(C)c1ccc(OCCO)c(F)c1. The second-order valence-electron chi connectivity index (χ2n) is 3.42. The largest absolute Gasteiger partial charge is 0.488 e. The van der Waals surface area contributed by atoms with E-state index in [4.69, 9.17) is 9.84 Å². The Labute approximate surface area is 83.3 Å². The van der Waals surface area contributed by atoms with Crippen molar-refractivity contribution in [1.82, 2.24) is 0 Å². The average Bonchev–Trinajstić information content (AvgIpc) is 2.15. The summed E-state index contributed by atoms with van der Waals surface area (Å²) in [6.45, 7) is 4.02. The summed E-state index contributed by atoms with van der Waals surface area (Å²) in [5.74, 6) is 0.129. The zero-order valence-corrected chi connectivity index (χ0v) is 8.46. The van der Waals surface area contributed by atoms with Gasteiger partial charge in [-0.05, 0) is 23.6 Å². The van der Waals surface area contributed by atoms with Crippen LogP contribution in [0.2, 0.25) is 0 Å². The van der Waals surface area contributed by atoms with Crippen molar-refractivity contribution in [3.63, 3.8) is 0 Å². The molecule has 1 rings (SSSR count). The van der Waals surface area contributed by atoms with Crippen LogP contribution in [0.5, 0.6) is 5.75 Å². The van der Waals surface area contributed by atoms with Crippen LogP contribution in [0.25, 0.3) is 0 Å². The van der Waals surface area contributed by atoms with E-state index < -0.39 is 0 Å². The van der Waals surface area contributed by atoms with Crippen LogP contribution in [0, 0.1) is 5.82 Å². The van der Waals surface area contributed by atoms with Gasteiger partial charge in [-0.1, -0.05) is 19.9 Å². The first-order chi connectivity index (χ1) is 6.65. The molecule has 0 saturated heterocycles. The molecule has 0 fully saturated rings. The summed E-state index contributed by atoms with van der Waals surface area (Å²) in [7, 11) is 0. The molecule has 0 heterocycles. The molecule has 0 saturated carbocycles. The molecule has 0 atom stereocenters. The quantitative estimate of drug-likeness (QED) is 0.804. The van der Waals surface area contributed by atoms with Gasteiger partial charge < -0.3 is 9.84 Å². The predicted octanol–water partition coefficient (Wildman–Crippen LogP) is 2.32. The molecular weight excluding hydrogens is 183 g/mol. The summed E-state index contributed by atoms with van der Waals surface area (Å²) < 4.78 is 18.3. The van der Waals surface area contributed by atoms with Crippen LogP contribution in [0.1, 0.15) is 25.3 Å². The lowest BCUT2D eigenvalue weighted by molar-refractivity contribution is 0.196. The Morgan fingerprint density at radius 3 is 2.64 bits per heavy atom. The number of rotatable bonds is 4. The fourth-order valence-electron chi connectivity index (χ4n) is 1.15. The van der Waals surface area contributed by atoms with Gasteiger partial charge in [-0.3, -0.25) is 0 Å². The molecule has 2 nitrogen and oxygen atoms in total. The van der Waals surface area contributed by atoms with Crippen LogP contribution in [0.4, 0.5) is 4.39 Å². The summed E-state index contributed by atoms with van der Waals surface area (Å²) in [5, 5.41) is 8.51. The molecule has 14 heavy (non-hydrogen) atoms. The fraction of sp³-hybridized carbons (Fsp3) is 0.455. The van der Waals surface area contributed by atoms with Gasteiger partial charge in [0.1, 0.15) is 6.61 Å². The lowest BCUT2D eigenvalue weighted by Gasteiger charge is -2.09. The van der Waals surface area contributed by atoms with Gasteiger partial charge in [0.15, 0.2) is 11.6 Å². The Balaban J connectivity index is 2.79. The van der Waals surface area contributed by atoms with E-state index in [0.29, 0.717) is 5.92 Å². The Kier molecular flexibility index (Phi) is 3.89. The number of benzene rings is 1. The van der Waals surface area contributed by atoms with Crippen LogP contribution >= 0.6 is 0 Å². The van der Waals surface area contributed by atoms with Crippen LogP contribution in [-0.4, -0.2) is 18.3 Å². The minimum absolute atomic E-state index is 0.106. The molecule has 1 N–H and O–H groups in total. The third-order valence-corrected chi connectivity index (χ3v) is 1.97. The molecule has 0 aliphatic heterocycles. The maximum absolute atomic E-state index is 13.3. The van der Waals surface area contributed by atoms with Crippen molar-refractivity contribution in [2.45, 2.75) is 19.8 Å². The van der Waals surface area contributed by atoms with Crippen molar-refractivity contribution >= 4 is 0 Å². The van der Waals surface area contributed by atoms with Gasteiger partial charge in [-0.15, -0.1) is 0 Å². The van der Waals surface area contributed by atoms with Gasteiger partial charge in [-0.25, -0.2) is 4.39 Å². The van der Waals surface area contributed by atoms with E-state index in [1.807, 2.05) is 19.9 Å². The van der Waals surface area contributed by atoms with Gasteiger partial charge in [0.25, 0.3) is 0 Å². The second kappa shape index (κ2) is 4.96. The summed E-state index contributed by atoms with van der Waals surface area (Å²) >= 11 is 0. The van der Waals surface area contributed by atoms with Gasteiger partial charge in [0, 0.05) is 0 Å². The third-order valence-electron chi connectivity index (χ3n) is 1.97. The monoisotopic (exact) mass is 198 g/mol. The van der Waals surface area contributed by atoms with Gasteiger partial charge in [-0.2, -0.15) is 0 Å². The smallest absolute Gasteiger partial charge is 0.165 e. The standard InChI is InChI=1S/C11H15FO2/c1-8(2)9-3-4-11(10(12)7-9)14-6-5-13/h3-4,7-8,13H,5-6H2,1-2H3. The minimum Gasteiger partial charge on any atom is -0.488 e. The molecule has 78 valence electrons. The molecule has 0 aliphatic carbocycles. The van der Waals surface area contributed by atoms with E-state index in [1.54, 1.807) is 6.07 Å². The lowest BCUT2D eigenvalue weighted by Crippen LogP contribution is -2.03. The highest BCUT2D eigenvalue weighted by atomic mass is 19.1. The van der Waals surface area contributed by atoms with E-state index in [2.05, 4.69) is 0 Å². The molecule has 3 heteroatoms. The maximum atomic E-state index is 13.3. The predicted molar refractivity (Wildman–Crippen MR) is 53.1 cm³/mol. The van der Waals surface area contributed by atoms with E-state index in [9.17, 15) is 4.39 Å². The van der Waals surface area contributed by atoms with Gasteiger partial charge >= 0.3 is 0 Å². The number of aliphatic hydroxyl groups is 1. The van der Waals surface area contributed by atoms with Crippen LogP contribution < -0.4 is 4.74 Å². The third kappa shape index (κ3) is 2.70. The minimum atomic E-state index is -0.371. The number of hydrogen-bond acceptors (Lipinski definition) is 2. The van der Waals surface area contributed by atoms with E-state index in [0.717, 1.165) is 5.56 Å². The highest BCUT2D eigenvalue weighted by molar-refractivity contribution is 5.30. The Morgan fingerprint density at radius 2 is 2.14 bits per heavy atom. The average molecular weight is 198 g/mol. The van der Waals surface area contributed by atoms with Crippen molar-refractivity contribution in [2.24, 2.45) is 0 Å². The topological polar surface area (TPSA) is 29.5 Å². The molecule has 0 bridgehead atoms. The highest BCUT2D eigenvalue weighted by Crippen LogP contribution is 2.22. The second-order valence-corrected chi connectivity index (χ2v) is 3.42. The molecule has 0 radical (unpaired) electrons. The molecule has 0 spiro atoms. The summed E-state index contributed by atoms with van der Waals surface area (Å²) in [6, 6.07) is 4.90. The Bertz CT molecular complexity index is 297. The van der Waals surface area contributed by atoms with E-state index >= 15 is 0 Å². The first kappa shape index (κ1) is 11.0. The van der Waals surface area contributed by atoms with Gasteiger partial charge in [0.05, 0.1) is 6.61 Å². The molecule has 0 aromatic heterocycles. The first-order valence-electron chi connectivity index (χ1n) is 4.68. The normalized spacial score (nSPS) is 10.6. The molecule has 0 amide bonds. The molecule has 0 unspecified atom stereocenters. The Hall–Kier alpha value is -1.09. The van der Waals surface area contributed by atoms with Crippen molar-refractivity contribution in [2.75, 3.05) is 13.2 Å². The van der Waals surface area contributed by atoms with Crippen molar-refractivity contribution in [3.8, 4) is 5.75 Å². The zero-order chi connectivity index (χ0) is 10.6. The number of ether oxygens (including phenoxy) is 1. The van der Waals surface area contributed by atoms with Gasteiger partial charge in [0.2, 0.25) is 0 Å². The molecule has 0 aliphatic rings. The van der Waals surface area contributed by atoms with Crippen molar-refractivity contribution in [3.05, 3.63) is 29.6 Å². The first-order valence-corrected chi connectivity index (χ1v) is 4.68. The number of hydrogen-bond donors (Lipinski definition) is 1. The fourth-order valence-corrected chi connectivity index (χ4v) is 1.15. The number of aliphatic hydroxyl groups excluding tert-OH is 1. The molecule has 1 aromatic rings. The summed E-state index contributed by atoms with van der Waals surface area (Å²) in [5.41, 5.74) is 0.943. The van der Waals surface area contributed by atoms with E-state index in [1.165, 1.54) is 6.07 Å². The number of halogens is 1. The molecular formula is C11H15FO2. The van der Waals surface area contributed by atoms with Crippen LogP contribution in [0.15, 0.2) is 18.2 Å². The van der Waals surface area contributed by atoms with Crippen molar-refractivity contribution in [1.29, 1.82) is 0 Å². The lowest BCUT2D eigenvalue weighted by atomic mass is 10.0. The zero-order valence-electron chi connectivity index (χ0n) is 8.46. The van der Waals surface area contributed by atoms with Crippen LogP contribution in [0.3, 0.4) is 0 Å². The summed E-state index contributed by atoms with van der Waals surface area (Å²) in [4.78, 5) is 0.